The van der Waals surface area contributed by atoms with Crippen LogP contribution in [0.5, 0.6) is 0 Å². The van der Waals surface area contributed by atoms with Crippen LogP contribution in [0.25, 0.3) is 11.1 Å². The molecule has 0 spiro atoms. The number of fused-ring (bicyclic) bond motifs is 1. The normalized spacial score (nSPS) is 10.2. The second-order valence-electron chi connectivity index (χ2n) is 2.72. The molecule has 0 aliphatic rings. The van der Waals surface area contributed by atoms with Gasteiger partial charge < -0.3 is 10.2 Å². The van der Waals surface area contributed by atoms with E-state index in [1.165, 1.54) is 0 Å². The number of aryl methyl sites for hydroxylation is 1. The number of nitrogen functional groups attached to an aromatic ring is 1. The molecule has 0 radical (unpaired) electrons. The highest BCUT2D eigenvalue weighted by Crippen LogP contribution is 2.24. The maximum atomic E-state index is 8.76. The fraction of sp³-hybridized carbons (Fsp3) is 0.111. The van der Waals surface area contributed by atoms with Gasteiger partial charge >= 0.3 is 0 Å². The van der Waals surface area contributed by atoms with Gasteiger partial charge in [0.05, 0.1) is 11.3 Å². The second kappa shape index (κ2) is 2.49. The van der Waals surface area contributed by atoms with E-state index in [2.05, 4.69) is 4.98 Å². The van der Waals surface area contributed by atoms with Crippen LogP contribution in [0.2, 0.25) is 0 Å². The van der Waals surface area contributed by atoms with Crippen molar-refractivity contribution in [3.8, 4) is 6.07 Å². The van der Waals surface area contributed by atoms with E-state index in [1.807, 2.05) is 6.07 Å². The van der Waals surface area contributed by atoms with Crippen LogP contribution in [-0.2, 0) is 0 Å². The van der Waals surface area contributed by atoms with E-state index in [1.54, 1.807) is 19.1 Å². The molecule has 0 bridgehead atoms. The molecular weight excluding hydrogens is 166 g/mol. The summed E-state index contributed by atoms with van der Waals surface area (Å²) in [5, 5.41) is 8.76. The van der Waals surface area contributed by atoms with Crippen molar-refractivity contribution < 1.29 is 4.42 Å². The molecule has 0 amide bonds. The minimum Gasteiger partial charge on any atom is -0.440 e. The average Bonchev–Trinajstić information content (AvgIpc) is 2.48. The van der Waals surface area contributed by atoms with E-state index in [9.17, 15) is 0 Å². The lowest BCUT2D eigenvalue weighted by Gasteiger charge is -1.93. The molecule has 13 heavy (non-hydrogen) atoms. The largest absolute Gasteiger partial charge is 0.440 e. The highest BCUT2D eigenvalue weighted by molar-refractivity contribution is 5.89. The van der Waals surface area contributed by atoms with Gasteiger partial charge in [-0.2, -0.15) is 5.26 Å². The number of oxazole rings is 1. The first-order valence-electron chi connectivity index (χ1n) is 3.78. The lowest BCUT2D eigenvalue weighted by molar-refractivity contribution is 0.560. The third-order valence-corrected chi connectivity index (χ3v) is 1.80. The van der Waals surface area contributed by atoms with Gasteiger partial charge in [-0.3, -0.25) is 0 Å². The molecule has 2 rings (SSSR count). The summed E-state index contributed by atoms with van der Waals surface area (Å²) in [6.07, 6.45) is 0. The third-order valence-electron chi connectivity index (χ3n) is 1.80. The SMILES string of the molecule is Cc1nc2c(N)ccc(C#N)c2o1. The summed E-state index contributed by atoms with van der Waals surface area (Å²) in [6.45, 7) is 1.72. The number of hydrogen-bond acceptors (Lipinski definition) is 4. The lowest BCUT2D eigenvalue weighted by Crippen LogP contribution is -1.87. The minimum atomic E-state index is 0.463. The molecule has 0 aliphatic carbocycles. The Morgan fingerprint density at radius 1 is 1.54 bits per heavy atom. The molecule has 1 aromatic heterocycles. The van der Waals surface area contributed by atoms with Gasteiger partial charge in [0, 0.05) is 6.92 Å². The van der Waals surface area contributed by atoms with E-state index in [0.29, 0.717) is 28.2 Å². The Kier molecular flexibility index (Phi) is 1.46. The highest BCUT2D eigenvalue weighted by atomic mass is 16.3. The number of aromatic nitrogens is 1. The number of hydrogen-bond donors (Lipinski definition) is 1. The number of benzene rings is 1. The molecule has 0 unspecified atom stereocenters. The molecule has 1 heterocycles. The lowest BCUT2D eigenvalue weighted by atomic mass is 10.2. The van der Waals surface area contributed by atoms with Crippen molar-refractivity contribution >= 4 is 16.8 Å². The molecule has 2 N–H and O–H groups in total. The van der Waals surface area contributed by atoms with Crippen molar-refractivity contribution in [2.75, 3.05) is 5.73 Å². The van der Waals surface area contributed by atoms with Gasteiger partial charge in [0.25, 0.3) is 0 Å². The van der Waals surface area contributed by atoms with Crippen LogP contribution in [0.15, 0.2) is 16.5 Å². The Hall–Kier alpha value is -2.02. The van der Waals surface area contributed by atoms with Gasteiger partial charge in [-0.05, 0) is 12.1 Å². The van der Waals surface area contributed by atoms with Crippen molar-refractivity contribution in [1.29, 1.82) is 5.26 Å². The quantitative estimate of drug-likeness (QED) is 0.614. The molecule has 0 saturated heterocycles. The van der Waals surface area contributed by atoms with Crippen LogP contribution < -0.4 is 5.73 Å². The number of anilines is 1. The van der Waals surface area contributed by atoms with E-state index in [-0.39, 0.29) is 0 Å². The van der Waals surface area contributed by atoms with Gasteiger partial charge in [-0.15, -0.1) is 0 Å². The molecule has 0 aliphatic heterocycles. The number of rotatable bonds is 0. The molecule has 4 nitrogen and oxygen atoms in total. The van der Waals surface area contributed by atoms with Crippen LogP contribution >= 0.6 is 0 Å². The molecule has 64 valence electrons. The van der Waals surface area contributed by atoms with E-state index < -0.39 is 0 Å². The minimum absolute atomic E-state index is 0.463. The number of nitriles is 1. The Morgan fingerprint density at radius 2 is 2.31 bits per heavy atom. The van der Waals surface area contributed by atoms with Gasteiger partial charge in [-0.25, -0.2) is 4.98 Å². The third kappa shape index (κ3) is 1.02. The topological polar surface area (TPSA) is 75.8 Å². The summed E-state index contributed by atoms with van der Waals surface area (Å²) >= 11 is 0. The van der Waals surface area contributed by atoms with Crippen molar-refractivity contribution in [2.24, 2.45) is 0 Å². The monoisotopic (exact) mass is 173 g/mol. The zero-order valence-electron chi connectivity index (χ0n) is 7.03. The molecular formula is C9H7N3O. The van der Waals surface area contributed by atoms with Crippen LogP contribution in [0, 0.1) is 18.3 Å². The molecule has 1 aromatic carbocycles. The van der Waals surface area contributed by atoms with Crippen LogP contribution in [0.1, 0.15) is 11.5 Å². The fourth-order valence-corrected chi connectivity index (χ4v) is 1.22. The van der Waals surface area contributed by atoms with Crippen LogP contribution in [0.4, 0.5) is 5.69 Å². The molecule has 4 heteroatoms. The standard InChI is InChI=1S/C9H7N3O/c1-5-12-8-7(11)3-2-6(4-10)9(8)13-5/h2-3H,11H2,1H3. The van der Waals surface area contributed by atoms with Crippen LogP contribution in [0.3, 0.4) is 0 Å². The van der Waals surface area contributed by atoms with Gasteiger partial charge in [-0.1, -0.05) is 0 Å². The first-order chi connectivity index (χ1) is 6.22. The Labute approximate surface area is 74.6 Å². The Balaban J connectivity index is 2.94. The van der Waals surface area contributed by atoms with Gasteiger partial charge in [0.15, 0.2) is 11.5 Å². The zero-order valence-corrected chi connectivity index (χ0v) is 7.03. The van der Waals surface area contributed by atoms with Gasteiger partial charge in [0.1, 0.15) is 11.6 Å². The smallest absolute Gasteiger partial charge is 0.192 e. The van der Waals surface area contributed by atoms with E-state index in [4.69, 9.17) is 15.4 Å². The fourth-order valence-electron chi connectivity index (χ4n) is 1.22. The summed E-state index contributed by atoms with van der Waals surface area (Å²) in [5.41, 5.74) is 7.70. The second-order valence-corrected chi connectivity index (χ2v) is 2.72. The summed E-state index contributed by atoms with van der Waals surface area (Å²) in [4.78, 5) is 4.08. The Morgan fingerprint density at radius 3 is 3.00 bits per heavy atom. The van der Waals surface area contributed by atoms with Gasteiger partial charge in [0.2, 0.25) is 0 Å². The summed E-state index contributed by atoms with van der Waals surface area (Å²) in [5.74, 6) is 0.518. The zero-order chi connectivity index (χ0) is 9.42. The van der Waals surface area contributed by atoms with Crippen molar-refractivity contribution in [3.05, 3.63) is 23.6 Å². The van der Waals surface area contributed by atoms with Crippen LogP contribution in [-0.4, -0.2) is 4.98 Å². The molecule has 0 saturated carbocycles. The molecule has 0 atom stereocenters. The first kappa shape index (κ1) is 7.62. The summed E-state index contributed by atoms with van der Waals surface area (Å²) in [7, 11) is 0. The molecule has 2 aromatic rings. The van der Waals surface area contributed by atoms with E-state index in [0.717, 1.165) is 0 Å². The first-order valence-corrected chi connectivity index (χ1v) is 3.78. The number of nitrogens with two attached hydrogens (primary N) is 1. The maximum absolute atomic E-state index is 8.76. The highest BCUT2D eigenvalue weighted by Gasteiger charge is 2.09. The molecule has 0 fully saturated rings. The number of nitrogens with zero attached hydrogens (tertiary/aromatic N) is 2. The van der Waals surface area contributed by atoms with E-state index >= 15 is 0 Å². The van der Waals surface area contributed by atoms with Crippen molar-refractivity contribution in [3.63, 3.8) is 0 Å². The predicted octanol–water partition coefficient (Wildman–Crippen LogP) is 1.59. The Bertz CT molecular complexity index is 507. The predicted molar refractivity (Wildman–Crippen MR) is 47.9 cm³/mol. The summed E-state index contributed by atoms with van der Waals surface area (Å²) < 4.78 is 5.26. The van der Waals surface area contributed by atoms with Crippen molar-refractivity contribution in [2.45, 2.75) is 6.92 Å². The maximum Gasteiger partial charge on any atom is 0.192 e. The van der Waals surface area contributed by atoms with Crippen molar-refractivity contribution in [1.82, 2.24) is 4.98 Å². The average molecular weight is 173 g/mol. The summed E-state index contributed by atoms with van der Waals surface area (Å²) in [6, 6.07) is 5.30.